The van der Waals surface area contributed by atoms with Crippen LogP contribution in [0, 0.1) is 0 Å². The average molecular weight is 276 g/mol. The zero-order chi connectivity index (χ0) is 13.6. The van der Waals surface area contributed by atoms with E-state index in [1.165, 1.54) is 0 Å². The van der Waals surface area contributed by atoms with Crippen molar-refractivity contribution in [2.45, 2.75) is 65.0 Å². The van der Waals surface area contributed by atoms with Crippen molar-refractivity contribution in [1.29, 1.82) is 0 Å². The van der Waals surface area contributed by atoms with Crippen LogP contribution < -0.4 is 0 Å². The molecule has 0 unspecified atom stereocenters. The van der Waals surface area contributed by atoms with Crippen LogP contribution in [0.5, 0.6) is 0 Å². The molecule has 1 aliphatic heterocycles. The highest BCUT2D eigenvalue weighted by molar-refractivity contribution is 6.66. The van der Waals surface area contributed by atoms with Gasteiger partial charge in [-0.15, -0.1) is 0 Å². The molecular formula is C13H28O4Si. The van der Waals surface area contributed by atoms with E-state index in [1.807, 2.05) is 0 Å². The van der Waals surface area contributed by atoms with Gasteiger partial charge in [0.2, 0.25) is 0 Å². The number of rotatable bonds is 10. The Kier molecular flexibility index (Phi) is 6.80. The van der Waals surface area contributed by atoms with Crippen LogP contribution >= 0.6 is 0 Å². The topological polar surface area (TPSA) is 40.2 Å². The van der Waals surface area contributed by atoms with Gasteiger partial charge >= 0.3 is 8.56 Å². The first-order valence-corrected chi connectivity index (χ1v) is 9.48. The van der Waals surface area contributed by atoms with Gasteiger partial charge in [0, 0.05) is 18.8 Å². The van der Waals surface area contributed by atoms with Crippen LogP contribution in [0.4, 0.5) is 0 Å². The maximum Gasteiger partial charge on any atom is 0.335 e. The molecule has 0 N–H and O–H groups in total. The van der Waals surface area contributed by atoms with E-state index in [1.54, 1.807) is 0 Å². The molecule has 18 heavy (non-hydrogen) atoms. The van der Waals surface area contributed by atoms with Gasteiger partial charge in [-0.2, -0.15) is 0 Å². The summed E-state index contributed by atoms with van der Waals surface area (Å²) >= 11 is 0. The number of ether oxygens (including phenoxy) is 2. The minimum atomic E-state index is -2.05. The Bertz CT molecular complexity index is 219. The lowest BCUT2D eigenvalue weighted by atomic mass is 10.5. The van der Waals surface area contributed by atoms with E-state index >= 15 is 0 Å². The molecule has 1 rings (SSSR count). The molecule has 5 heteroatoms. The SMILES string of the molecule is CC(C)O[Si](C)(CCCOC[C@H]1CO1)OC(C)C. The normalized spacial score (nSPS) is 19.8. The summed E-state index contributed by atoms with van der Waals surface area (Å²) in [5.41, 5.74) is 0. The summed E-state index contributed by atoms with van der Waals surface area (Å²) in [6.07, 6.45) is 1.80. The molecule has 0 aromatic carbocycles. The monoisotopic (exact) mass is 276 g/mol. The van der Waals surface area contributed by atoms with Crippen molar-refractivity contribution in [3.05, 3.63) is 0 Å². The molecule has 0 amide bonds. The van der Waals surface area contributed by atoms with Crippen LogP contribution in [0.1, 0.15) is 34.1 Å². The second kappa shape index (κ2) is 7.60. The van der Waals surface area contributed by atoms with Crippen molar-refractivity contribution >= 4 is 8.56 Å². The first-order valence-electron chi connectivity index (χ1n) is 6.96. The van der Waals surface area contributed by atoms with Gasteiger partial charge in [0.1, 0.15) is 6.10 Å². The molecule has 4 nitrogen and oxygen atoms in total. The first-order chi connectivity index (χ1) is 8.41. The molecule has 0 aromatic rings. The smallest absolute Gasteiger partial charge is 0.335 e. The van der Waals surface area contributed by atoms with Crippen LogP contribution in [0.3, 0.4) is 0 Å². The Hall–Kier alpha value is 0.0569. The van der Waals surface area contributed by atoms with Crippen LogP contribution in [0.2, 0.25) is 12.6 Å². The lowest BCUT2D eigenvalue weighted by molar-refractivity contribution is 0.0966. The maximum absolute atomic E-state index is 6.03. The summed E-state index contributed by atoms with van der Waals surface area (Å²) in [6.45, 7) is 12.8. The lowest BCUT2D eigenvalue weighted by Gasteiger charge is -2.31. The second-order valence-electron chi connectivity index (χ2n) is 5.60. The fourth-order valence-corrected chi connectivity index (χ4v) is 5.09. The van der Waals surface area contributed by atoms with Crippen LogP contribution in [0.15, 0.2) is 0 Å². The van der Waals surface area contributed by atoms with Crippen molar-refractivity contribution < 1.29 is 18.3 Å². The molecule has 0 spiro atoms. The van der Waals surface area contributed by atoms with Gasteiger partial charge in [0.25, 0.3) is 0 Å². The zero-order valence-corrected chi connectivity index (χ0v) is 13.4. The van der Waals surface area contributed by atoms with Gasteiger partial charge in [-0.3, -0.25) is 0 Å². The summed E-state index contributed by atoms with van der Waals surface area (Å²) < 4.78 is 22.7. The van der Waals surface area contributed by atoms with Crippen molar-refractivity contribution in [3.63, 3.8) is 0 Å². The third-order valence-corrected chi connectivity index (χ3v) is 5.80. The molecule has 0 radical (unpaired) electrons. The van der Waals surface area contributed by atoms with Crippen LogP contribution in [-0.4, -0.2) is 46.7 Å². The molecule has 1 saturated heterocycles. The second-order valence-corrected chi connectivity index (χ2v) is 8.84. The predicted molar refractivity (Wildman–Crippen MR) is 74.0 cm³/mol. The highest BCUT2D eigenvalue weighted by Gasteiger charge is 2.33. The molecule has 108 valence electrons. The number of hydrogen-bond donors (Lipinski definition) is 0. The van der Waals surface area contributed by atoms with E-state index in [9.17, 15) is 0 Å². The molecule has 0 saturated carbocycles. The summed E-state index contributed by atoms with van der Waals surface area (Å²) in [7, 11) is -2.05. The molecule has 1 heterocycles. The maximum atomic E-state index is 6.03. The van der Waals surface area contributed by atoms with Crippen molar-refractivity contribution in [1.82, 2.24) is 0 Å². The third-order valence-electron chi connectivity index (χ3n) is 2.60. The van der Waals surface area contributed by atoms with E-state index in [2.05, 4.69) is 34.2 Å². The minimum absolute atomic E-state index is 0.223. The molecular weight excluding hydrogens is 248 g/mol. The van der Waals surface area contributed by atoms with Gasteiger partial charge in [-0.05, 0) is 46.7 Å². The van der Waals surface area contributed by atoms with E-state index in [0.717, 1.165) is 32.3 Å². The fourth-order valence-electron chi connectivity index (χ4n) is 2.02. The van der Waals surface area contributed by atoms with Crippen molar-refractivity contribution in [2.24, 2.45) is 0 Å². The van der Waals surface area contributed by atoms with E-state index in [-0.39, 0.29) is 12.2 Å². The van der Waals surface area contributed by atoms with Gasteiger partial charge < -0.3 is 18.3 Å². The van der Waals surface area contributed by atoms with E-state index in [0.29, 0.717) is 6.10 Å². The van der Waals surface area contributed by atoms with Gasteiger partial charge in [-0.1, -0.05) is 0 Å². The third kappa shape index (κ3) is 7.48. The Morgan fingerprint density at radius 1 is 1.17 bits per heavy atom. The minimum Gasteiger partial charge on any atom is -0.392 e. The predicted octanol–water partition coefficient (Wildman–Crippen LogP) is 2.71. The average Bonchev–Trinajstić information content (AvgIpc) is 2.97. The van der Waals surface area contributed by atoms with Crippen LogP contribution in [-0.2, 0) is 18.3 Å². The Balaban J connectivity index is 2.20. The van der Waals surface area contributed by atoms with Crippen molar-refractivity contribution in [3.8, 4) is 0 Å². The fraction of sp³-hybridized carbons (Fsp3) is 1.00. The van der Waals surface area contributed by atoms with E-state index < -0.39 is 8.56 Å². The summed E-state index contributed by atoms with van der Waals surface area (Å²) in [6, 6.07) is 0.981. The van der Waals surface area contributed by atoms with Crippen LogP contribution in [0.25, 0.3) is 0 Å². The van der Waals surface area contributed by atoms with E-state index in [4.69, 9.17) is 18.3 Å². The molecule has 0 aliphatic carbocycles. The van der Waals surface area contributed by atoms with Gasteiger partial charge in [0.15, 0.2) is 0 Å². The molecule has 0 aromatic heterocycles. The first kappa shape index (κ1) is 16.1. The summed E-state index contributed by atoms with van der Waals surface area (Å²) in [5.74, 6) is 0. The Labute approximate surface area is 112 Å². The Morgan fingerprint density at radius 3 is 2.17 bits per heavy atom. The lowest BCUT2D eigenvalue weighted by Crippen LogP contribution is -2.43. The quantitative estimate of drug-likeness (QED) is 0.349. The molecule has 1 aliphatic rings. The molecule has 1 fully saturated rings. The van der Waals surface area contributed by atoms with Gasteiger partial charge in [0.05, 0.1) is 13.2 Å². The zero-order valence-electron chi connectivity index (χ0n) is 12.4. The van der Waals surface area contributed by atoms with Crippen molar-refractivity contribution in [2.75, 3.05) is 19.8 Å². The summed E-state index contributed by atoms with van der Waals surface area (Å²) in [4.78, 5) is 0. The standard InChI is InChI=1S/C13H28O4Si/c1-11(2)16-18(5,17-12(3)4)8-6-7-14-9-13-10-15-13/h11-13H,6-10H2,1-5H3/t13-/m0/s1. The molecule has 0 bridgehead atoms. The van der Waals surface area contributed by atoms with Gasteiger partial charge in [-0.25, -0.2) is 0 Å². The number of hydrogen-bond acceptors (Lipinski definition) is 4. The highest BCUT2D eigenvalue weighted by atomic mass is 28.4. The molecule has 1 atom stereocenters. The highest BCUT2D eigenvalue weighted by Crippen LogP contribution is 2.20. The largest absolute Gasteiger partial charge is 0.392 e. The Morgan fingerprint density at radius 2 is 1.72 bits per heavy atom. The summed E-state index contributed by atoms with van der Waals surface area (Å²) in [5, 5.41) is 0. The number of epoxide rings is 1.